The highest BCUT2D eigenvalue weighted by atomic mass is 35.5. The zero-order valence-corrected chi connectivity index (χ0v) is 20.1. The fourth-order valence-corrected chi connectivity index (χ4v) is 6.13. The lowest BCUT2D eigenvalue weighted by atomic mass is 9.63. The van der Waals surface area contributed by atoms with E-state index in [1.54, 1.807) is 12.1 Å². The number of hydrogen-bond acceptors (Lipinski definition) is 1. The normalized spacial score (nSPS) is 25.5. The van der Waals surface area contributed by atoms with Crippen LogP contribution in [0.1, 0.15) is 46.2 Å². The Balaban J connectivity index is 1.50. The third-order valence-electron chi connectivity index (χ3n) is 6.93. The van der Waals surface area contributed by atoms with E-state index in [-0.39, 0.29) is 23.7 Å². The third kappa shape index (κ3) is 4.55. The number of fused-ring (bicyclic) bond motifs is 1. The summed E-state index contributed by atoms with van der Waals surface area (Å²) < 4.78 is 0. The van der Waals surface area contributed by atoms with Gasteiger partial charge >= 0.3 is 0 Å². The van der Waals surface area contributed by atoms with Crippen molar-refractivity contribution in [3.05, 3.63) is 105 Å². The molecule has 6 heteroatoms. The van der Waals surface area contributed by atoms with Crippen LogP contribution in [0.25, 0.3) is 0 Å². The van der Waals surface area contributed by atoms with Gasteiger partial charge in [0.1, 0.15) is 5.84 Å². The summed E-state index contributed by atoms with van der Waals surface area (Å²) in [6, 6.07) is 23.1. The van der Waals surface area contributed by atoms with E-state index in [2.05, 4.69) is 28.5 Å². The minimum atomic E-state index is -0.204. The summed E-state index contributed by atoms with van der Waals surface area (Å²) in [5.74, 6) is 1.53. The molecule has 33 heavy (non-hydrogen) atoms. The Morgan fingerprint density at radius 2 is 1.55 bits per heavy atom. The molecule has 1 amide bonds. The van der Waals surface area contributed by atoms with Crippen molar-refractivity contribution in [1.82, 2.24) is 5.32 Å². The number of carbonyl (C=O) groups excluding carboxylic acids is 1. The summed E-state index contributed by atoms with van der Waals surface area (Å²) in [4.78, 5) is 17.3. The third-order valence-corrected chi connectivity index (χ3v) is 7.74. The molecular weight excluding hydrogens is 475 g/mol. The van der Waals surface area contributed by atoms with E-state index in [0.29, 0.717) is 26.5 Å². The molecule has 1 aliphatic heterocycles. The van der Waals surface area contributed by atoms with Gasteiger partial charge in [0.15, 0.2) is 0 Å². The molecule has 0 aromatic heterocycles. The van der Waals surface area contributed by atoms with Crippen molar-refractivity contribution in [2.45, 2.75) is 24.7 Å². The monoisotopic (exact) mass is 496 g/mol. The maximum atomic E-state index is 12.8. The lowest BCUT2D eigenvalue weighted by molar-refractivity contribution is 0.100. The quantitative estimate of drug-likeness (QED) is 0.410. The Kier molecular flexibility index (Phi) is 6.47. The lowest BCUT2D eigenvalue weighted by Crippen LogP contribution is -2.33. The molecule has 3 aromatic carbocycles. The summed E-state index contributed by atoms with van der Waals surface area (Å²) >= 11 is 19.0. The average molecular weight is 498 g/mol. The molecule has 3 nitrogen and oxygen atoms in total. The predicted octanol–water partition coefficient (Wildman–Crippen LogP) is 7.38. The minimum absolute atomic E-state index is 0.195. The number of halogens is 3. The number of hydrogen-bond donors (Lipinski definition) is 1. The molecule has 2 fully saturated rings. The largest absolute Gasteiger partial charge is 0.373 e. The van der Waals surface area contributed by atoms with Crippen molar-refractivity contribution in [3.8, 4) is 0 Å². The Hall–Kier alpha value is -2.33. The molecule has 5 rings (SSSR count). The summed E-state index contributed by atoms with van der Waals surface area (Å²) in [6.45, 7) is 0.764. The van der Waals surface area contributed by atoms with Gasteiger partial charge in [0.2, 0.25) is 0 Å². The van der Waals surface area contributed by atoms with Crippen LogP contribution < -0.4 is 5.32 Å². The molecule has 168 valence electrons. The first-order valence-electron chi connectivity index (χ1n) is 11.1. The van der Waals surface area contributed by atoms with Gasteiger partial charge in [-0.1, -0.05) is 71.2 Å². The van der Waals surface area contributed by atoms with E-state index in [4.69, 9.17) is 34.8 Å². The van der Waals surface area contributed by atoms with Gasteiger partial charge < -0.3 is 5.32 Å². The van der Waals surface area contributed by atoms with Gasteiger partial charge in [-0.2, -0.15) is 4.99 Å². The number of amidine groups is 1. The van der Waals surface area contributed by atoms with Crippen molar-refractivity contribution < 1.29 is 4.79 Å². The van der Waals surface area contributed by atoms with Crippen LogP contribution in [-0.2, 0) is 0 Å². The van der Waals surface area contributed by atoms with E-state index >= 15 is 0 Å². The van der Waals surface area contributed by atoms with Crippen LogP contribution in [0.15, 0.2) is 77.8 Å². The van der Waals surface area contributed by atoms with Gasteiger partial charge in [-0.05, 0) is 78.1 Å². The van der Waals surface area contributed by atoms with E-state index in [1.807, 2.05) is 42.5 Å². The number of rotatable bonds is 3. The van der Waals surface area contributed by atoms with Crippen LogP contribution in [0.3, 0.4) is 0 Å². The summed E-state index contributed by atoms with van der Waals surface area (Å²) in [7, 11) is 0. The van der Waals surface area contributed by atoms with Crippen LogP contribution in [0, 0.1) is 11.8 Å². The van der Waals surface area contributed by atoms with E-state index in [1.165, 1.54) is 5.56 Å². The van der Waals surface area contributed by atoms with Crippen molar-refractivity contribution in [2.24, 2.45) is 16.8 Å². The number of nitrogens with one attached hydrogen (secondary N) is 1. The van der Waals surface area contributed by atoms with Crippen molar-refractivity contribution >= 4 is 46.5 Å². The second kappa shape index (κ2) is 9.50. The maximum Gasteiger partial charge on any atom is 0.278 e. The topological polar surface area (TPSA) is 41.5 Å². The van der Waals surface area contributed by atoms with Gasteiger partial charge in [-0.15, -0.1) is 0 Å². The summed E-state index contributed by atoms with van der Waals surface area (Å²) in [5, 5.41) is 5.50. The Morgan fingerprint density at radius 3 is 2.27 bits per heavy atom. The Morgan fingerprint density at radius 1 is 0.848 bits per heavy atom. The number of nitrogens with zero attached hydrogens (tertiary/aromatic N) is 1. The van der Waals surface area contributed by atoms with Crippen molar-refractivity contribution in [3.63, 3.8) is 0 Å². The van der Waals surface area contributed by atoms with Gasteiger partial charge in [0.05, 0.1) is 0 Å². The molecule has 0 bridgehead atoms. The molecule has 3 aromatic rings. The fourth-order valence-electron chi connectivity index (χ4n) is 5.46. The molecule has 4 atom stereocenters. The molecule has 1 heterocycles. The first-order valence-corrected chi connectivity index (χ1v) is 12.3. The average Bonchev–Trinajstić information content (AvgIpc) is 3.22. The minimum Gasteiger partial charge on any atom is -0.373 e. The molecular formula is C27H23Cl3N2O. The molecule has 1 saturated carbocycles. The first-order chi connectivity index (χ1) is 16.0. The highest BCUT2D eigenvalue weighted by molar-refractivity contribution is 6.35. The van der Waals surface area contributed by atoms with Crippen LogP contribution >= 0.6 is 34.8 Å². The second-order valence-corrected chi connectivity index (χ2v) is 10.0. The van der Waals surface area contributed by atoms with Crippen LogP contribution in [0.2, 0.25) is 15.1 Å². The van der Waals surface area contributed by atoms with Gasteiger partial charge in [0.25, 0.3) is 5.91 Å². The molecule has 1 N–H and O–H groups in total. The number of benzene rings is 3. The van der Waals surface area contributed by atoms with Crippen LogP contribution in [0.5, 0.6) is 0 Å². The van der Waals surface area contributed by atoms with Gasteiger partial charge in [0, 0.05) is 33.1 Å². The molecule has 0 unspecified atom stereocenters. The number of aliphatic imine (C=N–C) groups is 1. The van der Waals surface area contributed by atoms with Crippen LogP contribution in [0.4, 0.5) is 0 Å². The second-order valence-electron chi connectivity index (χ2n) is 8.75. The Labute approximate surface area is 208 Å². The number of amides is 1. The SMILES string of the molecule is O=C(/N=C1\NC[C@H]2[C@@H](c3ccc(Cl)cc3)[C@H](c3ccc(Cl)cc3Cl)CC[C@@H]12)c1ccccc1. The molecule has 0 spiro atoms. The van der Waals surface area contributed by atoms with Gasteiger partial charge in [-0.3, -0.25) is 4.79 Å². The predicted molar refractivity (Wildman–Crippen MR) is 136 cm³/mol. The summed E-state index contributed by atoms with van der Waals surface area (Å²) in [5.41, 5.74) is 2.94. The zero-order chi connectivity index (χ0) is 22.9. The molecule has 1 saturated heterocycles. The number of carbonyl (C=O) groups is 1. The van der Waals surface area contributed by atoms with E-state index in [0.717, 1.165) is 30.8 Å². The van der Waals surface area contributed by atoms with E-state index < -0.39 is 0 Å². The molecule has 1 aliphatic carbocycles. The standard InChI is InChI=1S/C27H23Cl3N2O/c28-18-8-6-16(7-9-18)25-21(20-11-10-19(29)14-24(20)30)12-13-22-23(25)15-31-26(22)32-27(33)17-4-2-1-3-5-17/h1-11,14,21-23,25H,12-13,15H2,(H,31,32,33)/t21-,22+,23+,25-/m0/s1. The molecule has 0 radical (unpaired) electrons. The molecule has 2 aliphatic rings. The highest BCUT2D eigenvalue weighted by Gasteiger charge is 2.46. The van der Waals surface area contributed by atoms with E-state index in [9.17, 15) is 4.79 Å². The van der Waals surface area contributed by atoms with Crippen LogP contribution in [-0.4, -0.2) is 18.3 Å². The highest BCUT2D eigenvalue weighted by Crippen LogP contribution is 2.52. The Bertz CT molecular complexity index is 1190. The van der Waals surface area contributed by atoms with Crippen molar-refractivity contribution in [1.29, 1.82) is 0 Å². The maximum absolute atomic E-state index is 12.8. The first kappa shape index (κ1) is 22.5. The lowest BCUT2D eigenvalue weighted by Gasteiger charge is -2.40. The zero-order valence-electron chi connectivity index (χ0n) is 17.8. The van der Waals surface area contributed by atoms with Gasteiger partial charge in [-0.25, -0.2) is 0 Å². The van der Waals surface area contributed by atoms with Crippen molar-refractivity contribution in [2.75, 3.05) is 6.54 Å². The summed E-state index contributed by atoms with van der Waals surface area (Å²) in [6.07, 6.45) is 1.88. The smallest absolute Gasteiger partial charge is 0.278 e. The fraction of sp³-hybridized carbons (Fsp3) is 0.259.